The lowest BCUT2D eigenvalue weighted by atomic mass is 9.51. The fourth-order valence-corrected chi connectivity index (χ4v) is 10.5. The molecular formula is C36H32Cl2N4O5S. The first kappa shape index (κ1) is 31.3. The van der Waals surface area contributed by atoms with E-state index in [1.807, 2.05) is 38.1 Å². The molecule has 2 aromatic carbocycles. The van der Waals surface area contributed by atoms with Crippen molar-refractivity contribution >= 4 is 74.1 Å². The number of imide groups is 2. The Labute approximate surface area is 290 Å². The molecule has 6 unspecified atom stereocenters. The Morgan fingerprint density at radius 2 is 1.79 bits per heavy atom. The number of rotatable bonds is 4. The van der Waals surface area contributed by atoms with Crippen molar-refractivity contribution in [3.8, 4) is 16.3 Å². The van der Waals surface area contributed by atoms with Crippen LogP contribution in [0, 0.1) is 36.0 Å². The van der Waals surface area contributed by atoms with Crippen LogP contribution < -0.4 is 4.90 Å². The van der Waals surface area contributed by atoms with E-state index in [0.29, 0.717) is 28.5 Å². The highest BCUT2D eigenvalue weighted by Crippen LogP contribution is 2.64. The van der Waals surface area contributed by atoms with Gasteiger partial charge in [-0.3, -0.25) is 28.8 Å². The van der Waals surface area contributed by atoms with Crippen molar-refractivity contribution < 1.29 is 24.3 Å². The van der Waals surface area contributed by atoms with Crippen LogP contribution in [0.3, 0.4) is 0 Å². The number of phenols is 1. The van der Waals surface area contributed by atoms with Crippen LogP contribution in [0.4, 0.5) is 5.82 Å². The molecule has 9 nitrogen and oxygen atoms in total. The molecule has 2 aliphatic carbocycles. The van der Waals surface area contributed by atoms with E-state index in [1.165, 1.54) is 21.9 Å². The molecule has 4 heterocycles. The summed E-state index contributed by atoms with van der Waals surface area (Å²) in [7, 11) is 1.71. The van der Waals surface area contributed by atoms with Crippen LogP contribution in [-0.2, 0) is 26.2 Å². The molecule has 0 radical (unpaired) electrons. The van der Waals surface area contributed by atoms with Gasteiger partial charge in [-0.2, -0.15) is 5.10 Å². The van der Waals surface area contributed by atoms with Gasteiger partial charge < -0.3 is 5.11 Å². The van der Waals surface area contributed by atoms with Crippen LogP contribution in [-0.4, -0.2) is 50.0 Å². The number of halogens is 2. The Kier molecular flexibility index (Phi) is 7.01. The van der Waals surface area contributed by atoms with Crippen LogP contribution in [0.25, 0.3) is 20.7 Å². The lowest BCUT2D eigenvalue weighted by molar-refractivity contribution is -0.140. The molecule has 2 aliphatic heterocycles. The van der Waals surface area contributed by atoms with Crippen LogP contribution in [0.15, 0.2) is 54.1 Å². The maximum atomic E-state index is 14.9. The quantitative estimate of drug-likeness (QED) is 0.183. The van der Waals surface area contributed by atoms with Crippen molar-refractivity contribution in [1.82, 2.24) is 14.7 Å². The second kappa shape index (κ2) is 10.8. The highest BCUT2D eigenvalue weighted by Gasteiger charge is 2.68. The number of aromatic hydroxyl groups is 1. The molecular weight excluding hydrogens is 671 g/mol. The summed E-state index contributed by atoms with van der Waals surface area (Å²) in [4.78, 5) is 60.0. The van der Waals surface area contributed by atoms with Gasteiger partial charge in [-0.05, 0) is 86.4 Å². The minimum absolute atomic E-state index is 0.0256. The summed E-state index contributed by atoms with van der Waals surface area (Å²) in [5.74, 6) is -3.88. The van der Waals surface area contributed by atoms with Crippen molar-refractivity contribution in [2.45, 2.75) is 39.5 Å². The number of anilines is 1. The number of benzene rings is 2. The Bertz CT molecular complexity index is 2150. The molecule has 4 aromatic rings. The highest BCUT2D eigenvalue weighted by atomic mass is 35.5. The number of nitrogens with zero attached hydrogens (tertiary/aromatic N) is 4. The number of hydrogen-bond donors (Lipinski definition) is 1. The van der Waals surface area contributed by atoms with E-state index in [9.17, 15) is 24.3 Å². The lowest BCUT2D eigenvalue weighted by Gasteiger charge is -2.49. The SMILES string of the molecule is CCN1C(=O)C2CC=C3C(CC4C(=O)N(c5cc(-c6sc7ccc(Cl)cc7c6C)nn5C)C(=O)C4(C)C3c3ccc(O)cc3Cl)C2C1=O. The van der Waals surface area contributed by atoms with Gasteiger partial charge >= 0.3 is 0 Å². The zero-order valence-corrected chi connectivity index (χ0v) is 29.0. The third kappa shape index (κ3) is 4.12. The number of aromatic nitrogens is 2. The van der Waals surface area contributed by atoms with Gasteiger partial charge in [0.15, 0.2) is 0 Å². The summed E-state index contributed by atoms with van der Waals surface area (Å²) in [5, 5.41) is 16.9. The standard InChI is InChI=1S/C36H32Cl2N4O5S/c1-5-41-32(44)21-10-9-19-23(29(21)34(41)46)14-24-33(45)42(35(47)36(24,3)30(19)20-8-7-18(43)13-25(20)38)28-15-26(39-40(28)4)31-16(2)22-12-17(37)6-11-27(22)48-31/h6-9,11-13,15,21,23-24,29-30,43H,5,10,14H2,1-4H3. The number of allylic oxidation sites excluding steroid dienone is 2. The number of carbonyl (C=O) groups excluding carboxylic acids is 4. The number of aryl methyl sites for hydroxylation is 2. The largest absolute Gasteiger partial charge is 0.508 e. The second-order valence-electron chi connectivity index (χ2n) is 13.5. The van der Waals surface area contributed by atoms with Crippen LogP contribution in [0.5, 0.6) is 5.75 Å². The topological polar surface area (TPSA) is 113 Å². The molecule has 2 saturated heterocycles. The number of likely N-dealkylation sites (tertiary alicyclic amines) is 1. The molecule has 1 saturated carbocycles. The van der Waals surface area contributed by atoms with Gasteiger partial charge in [-0.1, -0.05) is 40.9 Å². The molecule has 4 aliphatic rings. The fourth-order valence-electron chi connectivity index (χ4n) is 8.92. The van der Waals surface area contributed by atoms with E-state index in [2.05, 4.69) is 0 Å². The van der Waals surface area contributed by atoms with E-state index >= 15 is 0 Å². The summed E-state index contributed by atoms with van der Waals surface area (Å²) in [5.41, 5.74) is 1.81. The maximum absolute atomic E-state index is 14.9. The highest BCUT2D eigenvalue weighted by molar-refractivity contribution is 7.22. The van der Waals surface area contributed by atoms with Gasteiger partial charge in [0.2, 0.25) is 23.6 Å². The van der Waals surface area contributed by atoms with Gasteiger partial charge in [-0.15, -0.1) is 11.3 Å². The molecule has 48 heavy (non-hydrogen) atoms. The summed E-state index contributed by atoms with van der Waals surface area (Å²) < 4.78 is 2.61. The number of hydrogen-bond acceptors (Lipinski definition) is 7. The van der Waals surface area contributed by atoms with Crippen molar-refractivity contribution in [2.24, 2.45) is 36.1 Å². The first-order chi connectivity index (χ1) is 22.9. The second-order valence-corrected chi connectivity index (χ2v) is 15.4. The van der Waals surface area contributed by atoms with Crippen LogP contribution in [0.2, 0.25) is 10.0 Å². The molecule has 2 aromatic heterocycles. The molecule has 0 spiro atoms. The van der Waals surface area contributed by atoms with Crippen LogP contribution >= 0.6 is 34.5 Å². The molecule has 246 valence electrons. The third-order valence-electron chi connectivity index (χ3n) is 11.2. The Hall–Kier alpha value is -3.99. The maximum Gasteiger partial charge on any atom is 0.242 e. The number of fused-ring (bicyclic) bond motifs is 5. The average molecular weight is 704 g/mol. The van der Waals surface area contributed by atoms with E-state index in [1.54, 1.807) is 42.1 Å². The van der Waals surface area contributed by atoms with Gasteiger partial charge in [0.05, 0.1) is 28.0 Å². The van der Waals surface area contributed by atoms with Gasteiger partial charge in [0.1, 0.15) is 17.3 Å². The van der Waals surface area contributed by atoms with Gasteiger partial charge in [0, 0.05) is 40.3 Å². The van der Waals surface area contributed by atoms with Gasteiger partial charge in [0.25, 0.3) is 0 Å². The number of amides is 4. The van der Waals surface area contributed by atoms with E-state index in [0.717, 1.165) is 26.1 Å². The molecule has 8 rings (SSSR count). The summed E-state index contributed by atoms with van der Waals surface area (Å²) in [6, 6.07) is 12.2. The monoisotopic (exact) mass is 702 g/mol. The zero-order valence-electron chi connectivity index (χ0n) is 26.7. The smallest absolute Gasteiger partial charge is 0.242 e. The normalized spacial score (nSPS) is 28.3. The number of phenolic OH excluding ortho intramolecular Hbond substituents is 1. The summed E-state index contributed by atoms with van der Waals surface area (Å²) in [6.07, 6.45) is 2.60. The Morgan fingerprint density at radius 3 is 2.52 bits per heavy atom. The fraction of sp³-hybridized carbons (Fsp3) is 0.361. The molecule has 12 heteroatoms. The summed E-state index contributed by atoms with van der Waals surface area (Å²) >= 11 is 14.7. The average Bonchev–Trinajstić information content (AvgIpc) is 3.71. The lowest BCUT2D eigenvalue weighted by Crippen LogP contribution is -2.49. The first-order valence-electron chi connectivity index (χ1n) is 16.0. The first-order valence-corrected chi connectivity index (χ1v) is 17.6. The molecule has 6 atom stereocenters. The zero-order chi connectivity index (χ0) is 34.0. The predicted octanol–water partition coefficient (Wildman–Crippen LogP) is 6.87. The van der Waals surface area contributed by atoms with Gasteiger partial charge in [-0.25, -0.2) is 4.90 Å². The number of thiophene rings is 1. The minimum Gasteiger partial charge on any atom is -0.508 e. The van der Waals surface area contributed by atoms with E-state index in [4.69, 9.17) is 28.3 Å². The van der Waals surface area contributed by atoms with E-state index < -0.39 is 35.0 Å². The summed E-state index contributed by atoms with van der Waals surface area (Å²) in [6.45, 7) is 5.88. The van der Waals surface area contributed by atoms with Crippen molar-refractivity contribution in [2.75, 3.05) is 11.4 Å². The third-order valence-corrected chi connectivity index (χ3v) is 13.1. The minimum atomic E-state index is -1.27. The van der Waals surface area contributed by atoms with Crippen molar-refractivity contribution in [3.05, 3.63) is 75.3 Å². The number of carbonyl (C=O) groups is 4. The molecule has 0 bridgehead atoms. The molecule has 3 fully saturated rings. The Morgan fingerprint density at radius 1 is 1.02 bits per heavy atom. The van der Waals surface area contributed by atoms with Crippen LogP contribution in [0.1, 0.15) is 43.7 Å². The predicted molar refractivity (Wildman–Crippen MR) is 184 cm³/mol. The van der Waals surface area contributed by atoms with Crippen molar-refractivity contribution in [3.63, 3.8) is 0 Å². The Balaban J connectivity index is 1.26. The van der Waals surface area contributed by atoms with E-state index in [-0.39, 0.29) is 47.4 Å². The molecule has 4 amide bonds. The molecule has 1 N–H and O–H groups in total. The van der Waals surface area contributed by atoms with Crippen molar-refractivity contribution in [1.29, 1.82) is 0 Å².